The van der Waals surface area contributed by atoms with E-state index in [1.807, 2.05) is 44.2 Å². The van der Waals surface area contributed by atoms with Crippen molar-refractivity contribution in [2.24, 2.45) is 0 Å². The maximum absolute atomic E-state index is 12.6. The highest BCUT2D eigenvalue weighted by molar-refractivity contribution is 6.00. The molecule has 1 aromatic heterocycles. The first-order valence-electron chi connectivity index (χ1n) is 7.84. The fourth-order valence-corrected chi connectivity index (χ4v) is 3.06. The van der Waals surface area contributed by atoms with Crippen molar-refractivity contribution >= 4 is 11.5 Å². The highest BCUT2D eigenvalue weighted by atomic mass is 16.5. The Bertz CT molecular complexity index is 691. The van der Waals surface area contributed by atoms with Crippen molar-refractivity contribution in [1.82, 2.24) is 4.57 Å². The van der Waals surface area contributed by atoms with Crippen molar-refractivity contribution in [1.29, 1.82) is 0 Å². The number of ketones is 1. The molecule has 0 amide bonds. The first-order chi connectivity index (χ1) is 10.7. The predicted molar refractivity (Wildman–Crippen MR) is 94.7 cm³/mol. The molecule has 0 bridgehead atoms. The van der Waals surface area contributed by atoms with Crippen LogP contribution in [0.3, 0.4) is 0 Å². The van der Waals surface area contributed by atoms with Crippen LogP contribution in [0.15, 0.2) is 30.3 Å². The minimum atomic E-state index is -0.0316. The highest BCUT2D eigenvalue weighted by Crippen LogP contribution is 2.25. The van der Waals surface area contributed by atoms with Gasteiger partial charge in [0.05, 0.1) is 13.7 Å². The fourth-order valence-electron chi connectivity index (χ4n) is 3.06. The standard InChI is InChI=1S/C19H26N2O2/c1-13-11-17(14(2)21(13)19(3,4)5)18(22)12-20-15-7-9-16(23-6)10-8-15/h7-11,20H,12H2,1-6H3. The van der Waals surface area contributed by atoms with E-state index in [1.54, 1.807) is 7.11 Å². The van der Waals surface area contributed by atoms with Crippen molar-refractivity contribution in [3.8, 4) is 5.75 Å². The van der Waals surface area contributed by atoms with Crippen molar-refractivity contribution < 1.29 is 9.53 Å². The lowest BCUT2D eigenvalue weighted by molar-refractivity contribution is 0.101. The average molecular weight is 314 g/mol. The normalized spacial score (nSPS) is 11.4. The highest BCUT2D eigenvalue weighted by Gasteiger charge is 2.22. The van der Waals surface area contributed by atoms with Crippen LogP contribution in [0.4, 0.5) is 5.69 Å². The molecule has 4 nitrogen and oxygen atoms in total. The summed E-state index contributed by atoms with van der Waals surface area (Å²) in [4.78, 5) is 12.6. The summed E-state index contributed by atoms with van der Waals surface area (Å²) in [5.74, 6) is 0.903. The Morgan fingerprint density at radius 2 is 1.78 bits per heavy atom. The molecule has 4 heteroatoms. The van der Waals surface area contributed by atoms with Gasteiger partial charge in [-0.3, -0.25) is 4.79 Å². The molecule has 2 aromatic rings. The van der Waals surface area contributed by atoms with Crippen LogP contribution in [0.2, 0.25) is 0 Å². The number of Topliss-reactive ketones (excluding diaryl/α,β-unsaturated/α-hetero) is 1. The molecule has 1 heterocycles. The summed E-state index contributed by atoms with van der Waals surface area (Å²) in [5, 5.41) is 3.17. The van der Waals surface area contributed by atoms with Gasteiger partial charge in [0.25, 0.3) is 0 Å². The lowest BCUT2D eigenvalue weighted by Crippen LogP contribution is -2.24. The molecule has 23 heavy (non-hydrogen) atoms. The van der Waals surface area contributed by atoms with Crippen LogP contribution >= 0.6 is 0 Å². The van der Waals surface area contributed by atoms with Gasteiger partial charge in [0.15, 0.2) is 5.78 Å². The van der Waals surface area contributed by atoms with Crippen LogP contribution < -0.4 is 10.1 Å². The molecule has 0 spiro atoms. The molecule has 1 N–H and O–H groups in total. The Balaban J connectivity index is 2.12. The summed E-state index contributed by atoms with van der Waals surface area (Å²) in [6, 6.07) is 9.55. The van der Waals surface area contributed by atoms with Gasteiger partial charge in [0, 0.05) is 28.2 Å². The summed E-state index contributed by atoms with van der Waals surface area (Å²) in [6.07, 6.45) is 0. The zero-order valence-electron chi connectivity index (χ0n) is 14.9. The maximum atomic E-state index is 12.6. The molecule has 0 unspecified atom stereocenters. The minimum Gasteiger partial charge on any atom is -0.497 e. The van der Waals surface area contributed by atoms with Crippen molar-refractivity contribution in [2.45, 2.75) is 40.2 Å². The molecule has 1 aromatic carbocycles. The number of hydrogen-bond donors (Lipinski definition) is 1. The topological polar surface area (TPSA) is 43.3 Å². The number of benzene rings is 1. The number of hydrogen-bond acceptors (Lipinski definition) is 3. The molecule has 0 saturated carbocycles. The summed E-state index contributed by atoms with van der Waals surface area (Å²) in [6.45, 7) is 10.8. The maximum Gasteiger partial charge on any atom is 0.183 e. The molecule has 0 aliphatic carbocycles. The zero-order valence-corrected chi connectivity index (χ0v) is 14.9. The number of carbonyl (C=O) groups excluding carboxylic acids is 1. The first-order valence-corrected chi connectivity index (χ1v) is 7.84. The van der Waals surface area contributed by atoms with Crippen LogP contribution in [0, 0.1) is 13.8 Å². The monoisotopic (exact) mass is 314 g/mol. The fraction of sp³-hybridized carbons (Fsp3) is 0.421. The third-order valence-corrected chi connectivity index (χ3v) is 3.95. The average Bonchev–Trinajstić information content (AvgIpc) is 2.80. The van der Waals surface area contributed by atoms with Gasteiger partial charge >= 0.3 is 0 Å². The molecule has 0 fully saturated rings. The van der Waals surface area contributed by atoms with Crippen LogP contribution in [0.25, 0.3) is 0 Å². The number of aryl methyl sites for hydroxylation is 1. The van der Waals surface area contributed by atoms with Gasteiger partial charge in [-0.1, -0.05) is 0 Å². The summed E-state index contributed by atoms with van der Waals surface area (Å²) < 4.78 is 7.35. The molecule has 0 aliphatic heterocycles. The molecular formula is C19H26N2O2. The second kappa shape index (κ2) is 6.49. The largest absolute Gasteiger partial charge is 0.497 e. The number of carbonyl (C=O) groups is 1. The van der Waals surface area contributed by atoms with Gasteiger partial charge in [-0.2, -0.15) is 0 Å². The van der Waals surface area contributed by atoms with E-state index >= 15 is 0 Å². The number of nitrogens with zero attached hydrogens (tertiary/aromatic N) is 1. The lowest BCUT2D eigenvalue weighted by atomic mass is 10.1. The third kappa shape index (κ3) is 3.76. The van der Waals surface area contributed by atoms with Gasteiger partial charge in [-0.05, 0) is 65.0 Å². The molecule has 0 saturated heterocycles. The van der Waals surface area contributed by atoms with E-state index in [9.17, 15) is 4.79 Å². The third-order valence-electron chi connectivity index (χ3n) is 3.95. The Hall–Kier alpha value is -2.23. The van der Waals surface area contributed by atoms with Crippen LogP contribution in [-0.4, -0.2) is 24.0 Å². The van der Waals surface area contributed by atoms with Gasteiger partial charge in [-0.15, -0.1) is 0 Å². The smallest absolute Gasteiger partial charge is 0.183 e. The molecule has 2 rings (SSSR count). The summed E-state index contributed by atoms with van der Waals surface area (Å²) in [5.41, 5.74) is 3.80. The Kier molecular flexibility index (Phi) is 4.83. The molecule has 0 radical (unpaired) electrons. The number of ether oxygens (including phenoxy) is 1. The molecule has 124 valence electrons. The van der Waals surface area contributed by atoms with Gasteiger partial charge in [0.2, 0.25) is 0 Å². The second-order valence-electron chi connectivity index (χ2n) is 6.80. The van der Waals surface area contributed by atoms with Crippen LogP contribution in [0.5, 0.6) is 5.75 Å². The van der Waals surface area contributed by atoms with E-state index in [0.717, 1.165) is 28.4 Å². The summed E-state index contributed by atoms with van der Waals surface area (Å²) >= 11 is 0. The molecule has 0 atom stereocenters. The first kappa shape index (κ1) is 17.1. The Morgan fingerprint density at radius 1 is 1.17 bits per heavy atom. The van der Waals surface area contributed by atoms with Crippen LogP contribution in [-0.2, 0) is 5.54 Å². The minimum absolute atomic E-state index is 0.0316. The predicted octanol–water partition coefficient (Wildman–Crippen LogP) is 4.16. The van der Waals surface area contributed by atoms with E-state index in [2.05, 4.69) is 30.7 Å². The number of rotatable bonds is 5. The van der Waals surface area contributed by atoms with E-state index in [0.29, 0.717) is 0 Å². The van der Waals surface area contributed by atoms with Crippen molar-refractivity contribution in [3.05, 3.63) is 47.3 Å². The van der Waals surface area contributed by atoms with Crippen molar-refractivity contribution in [2.75, 3.05) is 19.0 Å². The van der Waals surface area contributed by atoms with E-state index < -0.39 is 0 Å². The van der Waals surface area contributed by atoms with Crippen LogP contribution in [0.1, 0.15) is 42.5 Å². The van der Waals surface area contributed by atoms with E-state index in [-0.39, 0.29) is 17.9 Å². The zero-order chi connectivity index (χ0) is 17.2. The molecular weight excluding hydrogens is 288 g/mol. The lowest BCUT2D eigenvalue weighted by Gasteiger charge is -2.25. The number of methoxy groups -OCH3 is 1. The van der Waals surface area contributed by atoms with E-state index in [4.69, 9.17) is 4.74 Å². The second-order valence-corrected chi connectivity index (χ2v) is 6.80. The summed E-state index contributed by atoms with van der Waals surface area (Å²) in [7, 11) is 1.64. The van der Waals surface area contributed by atoms with Gasteiger partial charge < -0.3 is 14.6 Å². The molecule has 0 aliphatic rings. The van der Waals surface area contributed by atoms with Crippen molar-refractivity contribution in [3.63, 3.8) is 0 Å². The van der Waals surface area contributed by atoms with Gasteiger partial charge in [0.1, 0.15) is 5.75 Å². The quantitative estimate of drug-likeness (QED) is 0.843. The Labute approximate surface area is 138 Å². The van der Waals surface area contributed by atoms with E-state index in [1.165, 1.54) is 0 Å². The Morgan fingerprint density at radius 3 is 2.26 bits per heavy atom. The number of aromatic nitrogens is 1. The van der Waals surface area contributed by atoms with Gasteiger partial charge in [-0.25, -0.2) is 0 Å². The number of nitrogens with one attached hydrogen (secondary N) is 1. The SMILES string of the molecule is COc1ccc(NCC(=O)c2cc(C)n(C(C)(C)C)c2C)cc1. The number of anilines is 1.